The van der Waals surface area contributed by atoms with Gasteiger partial charge in [-0.1, -0.05) is 34.1 Å². The van der Waals surface area contributed by atoms with Crippen molar-refractivity contribution in [1.29, 1.82) is 0 Å². The maximum absolute atomic E-state index is 13.1. The Labute approximate surface area is 167 Å². The van der Waals surface area contributed by atoms with Crippen LogP contribution in [0.15, 0.2) is 40.9 Å². The van der Waals surface area contributed by atoms with Gasteiger partial charge in [0.2, 0.25) is 0 Å². The fraction of sp³-hybridized carbons (Fsp3) is 0.381. The molecule has 5 nitrogen and oxygen atoms in total. The molecule has 0 spiro atoms. The molecule has 0 saturated carbocycles. The van der Waals surface area contributed by atoms with E-state index in [0.717, 1.165) is 15.6 Å². The van der Waals surface area contributed by atoms with Gasteiger partial charge in [-0.2, -0.15) is 0 Å². The third kappa shape index (κ3) is 3.56. The number of hydrogen-bond donors (Lipinski definition) is 1. The van der Waals surface area contributed by atoms with E-state index in [2.05, 4.69) is 15.9 Å². The van der Waals surface area contributed by atoms with Gasteiger partial charge in [-0.15, -0.1) is 0 Å². The summed E-state index contributed by atoms with van der Waals surface area (Å²) in [5.74, 6) is 0.173. The molecule has 1 atom stereocenters. The maximum Gasteiger partial charge on any atom is 0.257 e. The van der Waals surface area contributed by atoms with Gasteiger partial charge in [0.05, 0.1) is 18.7 Å². The normalized spacial score (nSPS) is 20.9. The molecule has 0 aliphatic carbocycles. The van der Waals surface area contributed by atoms with E-state index in [1.165, 1.54) is 0 Å². The van der Waals surface area contributed by atoms with Crippen molar-refractivity contribution in [3.05, 3.63) is 57.6 Å². The van der Waals surface area contributed by atoms with Crippen molar-refractivity contribution in [3.8, 4) is 11.5 Å². The number of hydrogen-bond acceptors (Lipinski definition) is 4. The Morgan fingerprint density at radius 1 is 1.22 bits per heavy atom. The first-order chi connectivity index (χ1) is 12.8. The highest BCUT2D eigenvalue weighted by atomic mass is 79.9. The molecule has 6 heteroatoms. The zero-order valence-corrected chi connectivity index (χ0v) is 17.0. The molecule has 142 valence electrons. The third-order valence-electron chi connectivity index (χ3n) is 5.03. The molecular formula is C21H22BrNO4. The first-order valence-corrected chi connectivity index (χ1v) is 9.83. The van der Waals surface area contributed by atoms with E-state index in [9.17, 15) is 9.90 Å². The van der Waals surface area contributed by atoms with Gasteiger partial charge in [0.15, 0.2) is 11.5 Å². The fourth-order valence-corrected chi connectivity index (χ4v) is 3.96. The van der Waals surface area contributed by atoms with E-state index in [4.69, 9.17) is 9.47 Å². The molecule has 0 bridgehead atoms. The van der Waals surface area contributed by atoms with E-state index in [-0.39, 0.29) is 28.9 Å². The van der Waals surface area contributed by atoms with Crippen LogP contribution in [0.4, 0.5) is 0 Å². The second-order valence-electron chi connectivity index (χ2n) is 7.65. The average Bonchev–Trinajstić information content (AvgIpc) is 2.97. The minimum Gasteiger partial charge on any atom is -0.504 e. The van der Waals surface area contributed by atoms with Crippen LogP contribution in [0, 0.1) is 0 Å². The van der Waals surface area contributed by atoms with Crippen LogP contribution in [-0.2, 0) is 11.2 Å². The quantitative estimate of drug-likeness (QED) is 0.777. The standard InChI is InChI=1S/C21H22BrNO4/c1-21(2)11-14-5-8-16(18(24)19(14)27-21)20(25)23-9-10-26-17(12-23)13-3-6-15(22)7-4-13/h3-8,17,24H,9-12H2,1-2H3. The molecule has 1 saturated heterocycles. The minimum atomic E-state index is -0.368. The lowest BCUT2D eigenvalue weighted by atomic mass is 10.00. The smallest absolute Gasteiger partial charge is 0.257 e. The van der Waals surface area contributed by atoms with Crippen molar-refractivity contribution >= 4 is 21.8 Å². The summed E-state index contributed by atoms with van der Waals surface area (Å²) in [5.41, 5.74) is 1.87. The number of carbonyl (C=O) groups is 1. The highest BCUT2D eigenvalue weighted by Crippen LogP contribution is 2.43. The monoisotopic (exact) mass is 431 g/mol. The zero-order chi connectivity index (χ0) is 19.2. The molecule has 2 aromatic rings. The fourth-order valence-electron chi connectivity index (χ4n) is 3.69. The Balaban J connectivity index is 1.56. The van der Waals surface area contributed by atoms with Crippen LogP contribution in [0.25, 0.3) is 0 Å². The molecule has 27 heavy (non-hydrogen) atoms. The summed E-state index contributed by atoms with van der Waals surface area (Å²) in [5, 5.41) is 10.6. The van der Waals surface area contributed by atoms with Gasteiger partial charge in [0.25, 0.3) is 5.91 Å². The number of aromatic hydroxyl groups is 1. The molecule has 4 rings (SSSR count). The van der Waals surface area contributed by atoms with Crippen LogP contribution in [0.3, 0.4) is 0 Å². The summed E-state index contributed by atoms with van der Waals surface area (Å²) in [6.45, 7) is 5.34. The van der Waals surface area contributed by atoms with Crippen molar-refractivity contribution in [3.63, 3.8) is 0 Å². The number of morpholine rings is 1. The molecule has 0 radical (unpaired) electrons. The first kappa shape index (κ1) is 18.3. The topological polar surface area (TPSA) is 59.0 Å². The van der Waals surface area contributed by atoms with E-state index in [1.54, 1.807) is 11.0 Å². The Kier molecular flexibility index (Phi) is 4.64. The van der Waals surface area contributed by atoms with Gasteiger partial charge >= 0.3 is 0 Å². The molecule has 1 N–H and O–H groups in total. The molecule has 1 fully saturated rings. The predicted octanol–water partition coefficient (Wildman–Crippen LogP) is 4.08. The van der Waals surface area contributed by atoms with E-state index in [1.807, 2.05) is 44.2 Å². The number of benzene rings is 2. The Morgan fingerprint density at radius 2 is 1.96 bits per heavy atom. The van der Waals surface area contributed by atoms with Gasteiger partial charge in [-0.05, 0) is 37.6 Å². The predicted molar refractivity (Wildman–Crippen MR) is 105 cm³/mol. The SMILES string of the molecule is CC1(C)Cc2ccc(C(=O)N3CCOC(c4ccc(Br)cc4)C3)c(O)c2O1. The molecule has 1 amide bonds. The maximum atomic E-state index is 13.1. The van der Waals surface area contributed by atoms with Crippen LogP contribution in [0.5, 0.6) is 11.5 Å². The van der Waals surface area contributed by atoms with Gasteiger partial charge in [-0.3, -0.25) is 4.79 Å². The van der Waals surface area contributed by atoms with E-state index < -0.39 is 0 Å². The number of fused-ring (bicyclic) bond motifs is 1. The number of phenolic OH excluding ortho intramolecular Hbond substituents is 1. The lowest BCUT2D eigenvalue weighted by Gasteiger charge is -2.33. The summed E-state index contributed by atoms with van der Waals surface area (Å²) in [7, 11) is 0. The van der Waals surface area contributed by atoms with Crippen molar-refractivity contribution < 1.29 is 19.4 Å². The lowest BCUT2D eigenvalue weighted by Crippen LogP contribution is -2.42. The lowest BCUT2D eigenvalue weighted by molar-refractivity contribution is -0.0229. The van der Waals surface area contributed by atoms with E-state index >= 15 is 0 Å². The largest absolute Gasteiger partial charge is 0.504 e. The van der Waals surface area contributed by atoms with Gasteiger partial charge in [-0.25, -0.2) is 0 Å². The third-order valence-corrected chi connectivity index (χ3v) is 5.56. The minimum absolute atomic E-state index is 0.0604. The number of ether oxygens (including phenoxy) is 2. The number of halogens is 1. The number of phenols is 1. The van der Waals surface area contributed by atoms with E-state index in [0.29, 0.717) is 31.9 Å². The van der Waals surface area contributed by atoms with Crippen molar-refractivity contribution in [2.45, 2.75) is 32.0 Å². The molecular weight excluding hydrogens is 410 g/mol. The molecule has 0 aromatic heterocycles. The Bertz CT molecular complexity index is 878. The highest BCUT2D eigenvalue weighted by Gasteiger charge is 2.35. The van der Waals surface area contributed by atoms with Crippen LogP contribution in [0.1, 0.15) is 41.4 Å². The summed E-state index contributed by atoms with van der Waals surface area (Å²) in [4.78, 5) is 14.8. The average molecular weight is 432 g/mol. The molecule has 2 aliphatic heterocycles. The van der Waals surface area contributed by atoms with Crippen molar-refractivity contribution in [1.82, 2.24) is 4.90 Å². The zero-order valence-electron chi connectivity index (χ0n) is 15.4. The van der Waals surface area contributed by atoms with Gasteiger partial charge in [0, 0.05) is 23.0 Å². The summed E-state index contributed by atoms with van der Waals surface area (Å²) >= 11 is 3.43. The van der Waals surface area contributed by atoms with Crippen LogP contribution in [-0.4, -0.2) is 41.2 Å². The second kappa shape index (κ2) is 6.84. The number of amides is 1. The highest BCUT2D eigenvalue weighted by molar-refractivity contribution is 9.10. The molecule has 2 heterocycles. The number of nitrogens with zero attached hydrogens (tertiary/aromatic N) is 1. The summed E-state index contributed by atoms with van der Waals surface area (Å²) < 4.78 is 12.7. The van der Waals surface area contributed by atoms with Crippen molar-refractivity contribution in [2.75, 3.05) is 19.7 Å². The van der Waals surface area contributed by atoms with Gasteiger partial charge in [0.1, 0.15) is 11.7 Å². The van der Waals surface area contributed by atoms with Crippen LogP contribution in [0.2, 0.25) is 0 Å². The van der Waals surface area contributed by atoms with Crippen molar-refractivity contribution in [2.24, 2.45) is 0 Å². The molecule has 1 unspecified atom stereocenters. The summed E-state index contributed by atoms with van der Waals surface area (Å²) in [6, 6.07) is 11.5. The second-order valence-corrected chi connectivity index (χ2v) is 8.57. The molecule has 2 aliphatic rings. The van der Waals surface area contributed by atoms with Gasteiger partial charge < -0.3 is 19.5 Å². The van der Waals surface area contributed by atoms with Crippen LogP contribution < -0.4 is 4.74 Å². The first-order valence-electron chi connectivity index (χ1n) is 9.04. The number of carbonyl (C=O) groups excluding carboxylic acids is 1. The summed E-state index contributed by atoms with van der Waals surface area (Å²) in [6.07, 6.45) is 0.538. The van der Waals surface area contributed by atoms with Crippen LogP contribution >= 0.6 is 15.9 Å². The Hall–Kier alpha value is -2.05. The molecule has 2 aromatic carbocycles. The number of rotatable bonds is 2. The Morgan fingerprint density at radius 3 is 2.70 bits per heavy atom.